The van der Waals surface area contributed by atoms with Crippen LogP contribution in [0.1, 0.15) is 0 Å². The van der Waals surface area contributed by atoms with Gasteiger partial charge in [-0.05, 0) is 18.2 Å². The molecule has 0 radical (unpaired) electrons. The maximum Gasteiger partial charge on any atom is 0.233 e. The van der Waals surface area contributed by atoms with E-state index in [0.29, 0.717) is 47.7 Å². The summed E-state index contributed by atoms with van der Waals surface area (Å²) >= 11 is 7.26. The first-order valence-corrected chi connectivity index (χ1v) is 9.88. The van der Waals surface area contributed by atoms with Crippen LogP contribution in [0, 0.1) is 5.82 Å². The Kier molecular flexibility index (Phi) is 5.18. The number of para-hydroxylation sites is 1. The highest BCUT2D eigenvalue weighted by molar-refractivity contribution is 7.99. The van der Waals surface area contributed by atoms with Crippen LogP contribution in [0.25, 0.3) is 11.2 Å². The van der Waals surface area contributed by atoms with E-state index in [2.05, 4.69) is 15.0 Å². The van der Waals surface area contributed by atoms with E-state index in [4.69, 9.17) is 11.6 Å². The van der Waals surface area contributed by atoms with Gasteiger partial charge in [0.2, 0.25) is 5.91 Å². The second-order valence-electron chi connectivity index (χ2n) is 6.17. The van der Waals surface area contributed by atoms with E-state index in [-0.39, 0.29) is 17.5 Å². The third-order valence-corrected chi connectivity index (χ3v) is 5.50. The van der Waals surface area contributed by atoms with Crippen LogP contribution in [0.4, 0.5) is 10.1 Å². The van der Waals surface area contributed by atoms with Crippen LogP contribution in [0.5, 0.6) is 0 Å². The molecule has 1 aliphatic heterocycles. The summed E-state index contributed by atoms with van der Waals surface area (Å²) in [4.78, 5) is 27.9. The number of aromatic amines is 1. The Balaban J connectivity index is 1.32. The number of fused-ring (bicyclic) bond motifs is 1. The molecule has 0 saturated carbocycles. The SMILES string of the molecule is O=C(CSc1nc2ncc(Cl)cc2[nH]1)N1CCN(c2ccccc2F)CC1. The van der Waals surface area contributed by atoms with Gasteiger partial charge in [0, 0.05) is 32.4 Å². The average Bonchev–Trinajstić information content (AvgIpc) is 3.08. The minimum absolute atomic E-state index is 0.0413. The van der Waals surface area contributed by atoms with E-state index in [9.17, 15) is 9.18 Å². The average molecular weight is 406 g/mol. The summed E-state index contributed by atoms with van der Waals surface area (Å²) in [5.41, 5.74) is 1.91. The number of piperazine rings is 1. The van der Waals surface area contributed by atoms with Crippen LogP contribution in [-0.2, 0) is 4.79 Å². The highest BCUT2D eigenvalue weighted by atomic mass is 35.5. The van der Waals surface area contributed by atoms with E-state index in [1.165, 1.54) is 17.8 Å². The van der Waals surface area contributed by atoms with Crippen LogP contribution in [0.3, 0.4) is 0 Å². The van der Waals surface area contributed by atoms with Crippen molar-refractivity contribution in [2.75, 3.05) is 36.8 Å². The number of rotatable bonds is 4. The summed E-state index contributed by atoms with van der Waals surface area (Å²) in [6.07, 6.45) is 1.54. The summed E-state index contributed by atoms with van der Waals surface area (Å²) in [5.74, 6) is 0.0961. The van der Waals surface area contributed by atoms with Gasteiger partial charge in [-0.25, -0.2) is 14.4 Å². The van der Waals surface area contributed by atoms with Gasteiger partial charge in [0.15, 0.2) is 10.8 Å². The topological polar surface area (TPSA) is 65.1 Å². The molecule has 0 atom stereocenters. The van der Waals surface area contributed by atoms with Gasteiger partial charge in [-0.3, -0.25) is 4.79 Å². The molecule has 3 heterocycles. The zero-order chi connectivity index (χ0) is 18.8. The molecule has 1 N–H and O–H groups in total. The lowest BCUT2D eigenvalue weighted by molar-refractivity contribution is -0.128. The molecule has 6 nitrogen and oxygen atoms in total. The standard InChI is InChI=1S/C18H17ClFN5OS/c19-12-9-14-17(21-10-12)23-18(22-14)27-11-16(26)25-7-5-24(6-8-25)15-4-2-1-3-13(15)20/h1-4,9-10H,5-8,11H2,(H,21,22,23). The van der Waals surface area contributed by atoms with Crippen LogP contribution in [-0.4, -0.2) is 57.7 Å². The number of carbonyl (C=O) groups is 1. The molecule has 0 unspecified atom stereocenters. The van der Waals surface area contributed by atoms with Crippen molar-refractivity contribution in [1.82, 2.24) is 19.9 Å². The fourth-order valence-electron chi connectivity index (χ4n) is 3.05. The number of H-pyrrole nitrogens is 1. The van der Waals surface area contributed by atoms with E-state index >= 15 is 0 Å². The predicted molar refractivity (Wildman–Crippen MR) is 105 cm³/mol. The second kappa shape index (κ2) is 7.74. The molecule has 3 aromatic rings. The largest absolute Gasteiger partial charge is 0.366 e. The summed E-state index contributed by atoms with van der Waals surface area (Å²) in [6, 6.07) is 8.48. The number of carbonyl (C=O) groups excluding carboxylic acids is 1. The molecule has 0 spiro atoms. The molecule has 1 aliphatic rings. The van der Waals surface area contributed by atoms with Crippen molar-refractivity contribution in [2.24, 2.45) is 0 Å². The normalized spacial score (nSPS) is 14.7. The Labute approximate surface area is 164 Å². The molecule has 4 rings (SSSR count). The number of nitrogens with one attached hydrogen (secondary N) is 1. The van der Waals surface area contributed by atoms with Crippen molar-refractivity contribution in [2.45, 2.75) is 5.16 Å². The number of benzene rings is 1. The van der Waals surface area contributed by atoms with Crippen molar-refractivity contribution < 1.29 is 9.18 Å². The Morgan fingerprint density at radius 1 is 1.26 bits per heavy atom. The zero-order valence-corrected chi connectivity index (χ0v) is 15.9. The fourth-order valence-corrected chi connectivity index (χ4v) is 3.98. The maximum atomic E-state index is 13.9. The molecule has 9 heteroatoms. The summed E-state index contributed by atoms with van der Waals surface area (Å²) in [5, 5.41) is 1.17. The Hall–Kier alpha value is -2.32. The molecule has 27 heavy (non-hydrogen) atoms. The Morgan fingerprint density at radius 3 is 2.81 bits per heavy atom. The molecule has 1 saturated heterocycles. The molecule has 140 valence electrons. The third kappa shape index (κ3) is 4.01. The maximum absolute atomic E-state index is 13.9. The Morgan fingerprint density at radius 2 is 2.04 bits per heavy atom. The monoisotopic (exact) mass is 405 g/mol. The molecule has 1 aromatic carbocycles. The molecular formula is C18H17ClFN5OS. The highest BCUT2D eigenvalue weighted by Crippen LogP contribution is 2.22. The van der Waals surface area contributed by atoms with Crippen molar-refractivity contribution in [3.05, 3.63) is 47.4 Å². The van der Waals surface area contributed by atoms with Crippen LogP contribution in [0.15, 0.2) is 41.7 Å². The first-order valence-electron chi connectivity index (χ1n) is 8.51. The van der Waals surface area contributed by atoms with Gasteiger partial charge >= 0.3 is 0 Å². The quantitative estimate of drug-likeness (QED) is 0.675. The van der Waals surface area contributed by atoms with Crippen molar-refractivity contribution in [3.8, 4) is 0 Å². The minimum atomic E-state index is -0.230. The third-order valence-electron chi connectivity index (χ3n) is 4.44. The van der Waals surface area contributed by atoms with Gasteiger partial charge in [-0.15, -0.1) is 0 Å². The number of pyridine rings is 1. The number of anilines is 1. The number of hydrogen-bond donors (Lipinski definition) is 1. The van der Waals surface area contributed by atoms with E-state index < -0.39 is 0 Å². The fraction of sp³-hybridized carbons (Fsp3) is 0.278. The lowest BCUT2D eigenvalue weighted by atomic mass is 10.2. The van der Waals surface area contributed by atoms with E-state index in [1.54, 1.807) is 24.4 Å². The summed E-state index contributed by atoms with van der Waals surface area (Å²) < 4.78 is 13.9. The van der Waals surface area contributed by atoms with Crippen LogP contribution in [0.2, 0.25) is 5.02 Å². The second-order valence-corrected chi connectivity index (χ2v) is 7.58. The smallest absolute Gasteiger partial charge is 0.233 e. The molecule has 2 aromatic heterocycles. The number of hydrogen-bond acceptors (Lipinski definition) is 5. The van der Waals surface area contributed by atoms with Crippen molar-refractivity contribution in [3.63, 3.8) is 0 Å². The summed E-state index contributed by atoms with van der Waals surface area (Å²) in [6.45, 7) is 2.38. The lowest BCUT2D eigenvalue weighted by Gasteiger charge is -2.36. The van der Waals surface area contributed by atoms with E-state index in [1.807, 2.05) is 15.9 Å². The highest BCUT2D eigenvalue weighted by Gasteiger charge is 2.23. The first kappa shape index (κ1) is 18.1. The number of imidazole rings is 1. The van der Waals surface area contributed by atoms with Crippen LogP contribution < -0.4 is 4.90 Å². The van der Waals surface area contributed by atoms with E-state index in [0.717, 1.165) is 5.52 Å². The van der Waals surface area contributed by atoms with Gasteiger partial charge in [0.05, 0.1) is 22.0 Å². The predicted octanol–water partition coefficient (Wildman–Crippen LogP) is 3.19. The number of amides is 1. The number of aromatic nitrogens is 3. The number of thioether (sulfide) groups is 1. The van der Waals surface area contributed by atoms with Gasteiger partial charge in [-0.1, -0.05) is 35.5 Å². The molecule has 0 aliphatic carbocycles. The van der Waals surface area contributed by atoms with Gasteiger partial charge in [0.25, 0.3) is 0 Å². The summed E-state index contributed by atoms with van der Waals surface area (Å²) in [7, 11) is 0. The molecular weight excluding hydrogens is 389 g/mol. The van der Waals surface area contributed by atoms with Crippen molar-refractivity contribution in [1.29, 1.82) is 0 Å². The number of halogens is 2. The minimum Gasteiger partial charge on any atom is -0.366 e. The molecule has 1 fully saturated rings. The lowest BCUT2D eigenvalue weighted by Crippen LogP contribution is -2.49. The molecule has 1 amide bonds. The van der Waals surface area contributed by atoms with Crippen LogP contribution >= 0.6 is 23.4 Å². The zero-order valence-electron chi connectivity index (χ0n) is 14.4. The van der Waals surface area contributed by atoms with Gasteiger partial charge in [-0.2, -0.15) is 0 Å². The first-order chi connectivity index (χ1) is 13.1. The van der Waals surface area contributed by atoms with Crippen molar-refractivity contribution >= 4 is 46.1 Å². The van der Waals surface area contributed by atoms with Gasteiger partial charge in [0.1, 0.15) is 5.82 Å². The van der Waals surface area contributed by atoms with Gasteiger partial charge < -0.3 is 14.8 Å². The Bertz CT molecular complexity index is 973. The number of nitrogens with zero attached hydrogens (tertiary/aromatic N) is 4. The molecule has 0 bridgehead atoms.